The molecule has 0 radical (unpaired) electrons. The Morgan fingerprint density at radius 3 is 2.17 bits per heavy atom. The Morgan fingerprint density at radius 2 is 1.63 bits per heavy atom. The van der Waals surface area contributed by atoms with Gasteiger partial charge in [0.05, 0.1) is 0 Å². The van der Waals surface area contributed by atoms with Crippen molar-refractivity contribution in [3.63, 3.8) is 0 Å². The van der Waals surface area contributed by atoms with Crippen LogP contribution in [0.1, 0.15) is 45.1 Å². The second kappa shape index (κ2) is 14.2. The van der Waals surface area contributed by atoms with Crippen molar-refractivity contribution in [3.05, 3.63) is 59.1 Å². The molecule has 0 heterocycles. The maximum atomic E-state index is 11.4. The average Bonchev–Trinajstić information content (AvgIpc) is 2.77. The molecule has 1 saturated carbocycles. The molecule has 0 amide bonds. The van der Waals surface area contributed by atoms with Gasteiger partial charge in [-0.15, -0.1) is 0 Å². The monoisotopic (exact) mass is 448 g/mol. The van der Waals surface area contributed by atoms with E-state index < -0.39 is 0 Å². The quantitative estimate of drug-likeness (QED) is 0.553. The van der Waals surface area contributed by atoms with Gasteiger partial charge in [-0.3, -0.25) is 4.79 Å². The highest BCUT2D eigenvalue weighted by atomic mass is 35.5. The van der Waals surface area contributed by atoms with Crippen LogP contribution in [0.4, 0.5) is 5.69 Å². The lowest BCUT2D eigenvalue weighted by Gasteiger charge is -2.39. The summed E-state index contributed by atoms with van der Waals surface area (Å²) in [4.78, 5) is 20.6. The van der Waals surface area contributed by atoms with E-state index in [9.17, 15) is 4.79 Å². The maximum Gasteiger partial charge on any atom is 0.134 e. The first kappa shape index (κ1) is 26.2. The summed E-state index contributed by atoms with van der Waals surface area (Å²) in [5.41, 5.74) is 6.78. The molecule has 30 heavy (non-hydrogen) atoms. The number of carbonyl (C=O) groups excluding carboxylic acids is 2. The number of rotatable bonds is 6. The molecular formula is C24H33ClN2O2S. The molecule has 164 valence electrons. The van der Waals surface area contributed by atoms with Crippen LogP contribution in [0.15, 0.2) is 53.4 Å². The van der Waals surface area contributed by atoms with Crippen LogP contribution >= 0.6 is 23.5 Å². The number of nitrogens with two attached hydrogens (primary N) is 1. The van der Waals surface area contributed by atoms with E-state index in [4.69, 9.17) is 16.4 Å². The fourth-order valence-corrected chi connectivity index (χ4v) is 4.90. The summed E-state index contributed by atoms with van der Waals surface area (Å²) < 4.78 is 2.46. The molecule has 0 aliphatic heterocycles. The predicted molar refractivity (Wildman–Crippen MR) is 129 cm³/mol. The van der Waals surface area contributed by atoms with Crippen molar-refractivity contribution in [1.82, 2.24) is 0 Å². The molecular weight excluding hydrogens is 416 g/mol. The van der Waals surface area contributed by atoms with Crippen molar-refractivity contribution in [1.29, 1.82) is 0 Å². The minimum Gasteiger partial charge on any atom is -0.333 e. The second-order valence-electron chi connectivity index (χ2n) is 7.25. The SMILES string of the molecule is C=O.CC(=O)Cc1ccc(N(Sc2ccc(Cl)cc2)C2CCCCC2C)cc1.CN. The lowest BCUT2D eigenvalue weighted by Crippen LogP contribution is -2.37. The Balaban J connectivity index is 0.00000106. The number of halogens is 1. The second-order valence-corrected chi connectivity index (χ2v) is 8.73. The van der Waals surface area contributed by atoms with Crippen molar-refractivity contribution in [2.75, 3.05) is 11.4 Å². The molecule has 2 aromatic rings. The molecule has 2 N–H and O–H groups in total. The number of nitrogens with zero attached hydrogens (tertiary/aromatic N) is 1. The lowest BCUT2D eigenvalue weighted by atomic mass is 9.86. The van der Waals surface area contributed by atoms with Crippen LogP contribution in [0.5, 0.6) is 0 Å². The molecule has 3 rings (SSSR count). The zero-order chi connectivity index (χ0) is 22.5. The van der Waals surface area contributed by atoms with Gasteiger partial charge in [0.1, 0.15) is 12.6 Å². The van der Waals surface area contributed by atoms with Gasteiger partial charge in [-0.1, -0.05) is 43.5 Å². The van der Waals surface area contributed by atoms with Crippen molar-refractivity contribution in [3.8, 4) is 0 Å². The highest BCUT2D eigenvalue weighted by Gasteiger charge is 2.28. The van der Waals surface area contributed by atoms with Crippen LogP contribution in [0.25, 0.3) is 0 Å². The van der Waals surface area contributed by atoms with Gasteiger partial charge in [0.25, 0.3) is 0 Å². The number of benzene rings is 2. The van der Waals surface area contributed by atoms with Gasteiger partial charge in [0.2, 0.25) is 0 Å². The Bertz CT molecular complexity index is 753. The highest BCUT2D eigenvalue weighted by Crippen LogP contribution is 2.39. The topological polar surface area (TPSA) is 63.4 Å². The van der Waals surface area contributed by atoms with E-state index in [1.165, 1.54) is 43.3 Å². The van der Waals surface area contributed by atoms with E-state index in [2.05, 4.69) is 53.4 Å². The summed E-state index contributed by atoms with van der Waals surface area (Å²) in [6, 6.07) is 17.0. The van der Waals surface area contributed by atoms with E-state index in [0.717, 1.165) is 10.6 Å². The third-order valence-electron chi connectivity index (χ3n) is 5.03. The van der Waals surface area contributed by atoms with Crippen LogP contribution in [0.2, 0.25) is 5.02 Å². The summed E-state index contributed by atoms with van der Waals surface area (Å²) in [5, 5.41) is 0.764. The lowest BCUT2D eigenvalue weighted by molar-refractivity contribution is -0.116. The first-order valence-corrected chi connectivity index (χ1v) is 11.4. The van der Waals surface area contributed by atoms with Crippen molar-refractivity contribution >= 4 is 41.8 Å². The first-order chi connectivity index (χ1) is 14.5. The molecule has 0 saturated heterocycles. The largest absolute Gasteiger partial charge is 0.333 e. The van der Waals surface area contributed by atoms with E-state index in [0.29, 0.717) is 18.4 Å². The third-order valence-corrected chi connectivity index (χ3v) is 6.44. The van der Waals surface area contributed by atoms with Gasteiger partial charge < -0.3 is 14.8 Å². The highest BCUT2D eigenvalue weighted by molar-refractivity contribution is 8.00. The molecule has 2 aromatic carbocycles. The Morgan fingerprint density at radius 1 is 1.07 bits per heavy atom. The van der Waals surface area contributed by atoms with Gasteiger partial charge in [-0.05, 0) is 86.6 Å². The maximum absolute atomic E-state index is 11.4. The van der Waals surface area contributed by atoms with Crippen LogP contribution < -0.4 is 10.0 Å². The van der Waals surface area contributed by atoms with E-state index in [-0.39, 0.29) is 5.78 Å². The molecule has 1 fully saturated rings. The molecule has 0 spiro atoms. The summed E-state index contributed by atoms with van der Waals surface area (Å²) in [6.07, 6.45) is 5.62. The standard InChI is InChI=1S/C22H26ClNOS.CH5N.CH2O/c1-16-5-3-4-6-22(16)24(26-21-13-9-19(23)10-14-21)20-11-7-18(8-12-20)15-17(2)25;2*1-2/h7-14,16,22H,3-6,15H2,1-2H3;2H2,1H3;1H2. The van der Waals surface area contributed by atoms with Gasteiger partial charge in [-0.25, -0.2) is 0 Å². The predicted octanol–water partition coefficient (Wildman–Crippen LogP) is 5.95. The van der Waals surface area contributed by atoms with Gasteiger partial charge in [0, 0.05) is 28.1 Å². The van der Waals surface area contributed by atoms with E-state index in [1.807, 2.05) is 18.9 Å². The molecule has 6 heteroatoms. The van der Waals surface area contributed by atoms with Crippen molar-refractivity contribution in [2.45, 2.75) is 56.9 Å². The Kier molecular flexibility index (Phi) is 12.4. The average molecular weight is 449 g/mol. The zero-order valence-corrected chi connectivity index (χ0v) is 19.7. The minimum absolute atomic E-state index is 0.200. The molecule has 1 aliphatic carbocycles. The van der Waals surface area contributed by atoms with Gasteiger partial charge in [-0.2, -0.15) is 0 Å². The molecule has 1 aliphatic rings. The van der Waals surface area contributed by atoms with Gasteiger partial charge in [0.15, 0.2) is 0 Å². The molecule has 2 atom stereocenters. The van der Waals surface area contributed by atoms with Crippen LogP contribution in [0.3, 0.4) is 0 Å². The van der Waals surface area contributed by atoms with Crippen molar-refractivity contribution < 1.29 is 9.59 Å². The fraction of sp³-hybridized carbons (Fsp3) is 0.417. The summed E-state index contributed by atoms with van der Waals surface area (Å²) in [5.74, 6) is 0.867. The molecule has 0 bridgehead atoms. The van der Waals surface area contributed by atoms with E-state index >= 15 is 0 Å². The molecule has 4 nitrogen and oxygen atoms in total. The number of anilines is 1. The normalized spacial score (nSPS) is 17.6. The number of carbonyl (C=O) groups is 2. The summed E-state index contributed by atoms with van der Waals surface area (Å²) in [6.45, 7) is 6.00. The van der Waals surface area contributed by atoms with Crippen LogP contribution in [-0.2, 0) is 16.0 Å². The number of hydrogen-bond acceptors (Lipinski definition) is 5. The smallest absolute Gasteiger partial charge is 0.134 e. The third kappa shape index (κ3) is 8.13. The zero-order valence-electron chi connectivity index (χ0n) is 18.1. The van der Waals surface area contributed by atoms with E-state index in [1.54, 1.807) is 18.9 Å². The molecule has 2 unspecified atom stereocenters. The van der Waals surface area contributed by atoms with Crippen LogP contribution in [-0.4, -0.2) is 25.7 Å². The first-order valence-electron chi connectivity index (χ1n) is 10.2. The minimum atomic E-state index is 0.200. The van der Waals surface area contributed by atoms with Crippen LogP contribution in [0, 0.1) is 5.92 Å². The van der Waals surface area contributed by atoms with Crippen molar-refractivity contribution in [2.24, 2.45) is 11.7 Å². The molecule has 0 aromatic heterocycles. The fourth-order valence-electron chi connectivity index (χ4n) is 3.61. The number of hydrogen-bond donors (Lipinski definition) is 1. The number of ketones is 1. The Labute approximate surface area is 190 Å². The number of Topliss-reactive ketones (excluding diaryl/α,β-unsaturated/α-hetero) is 1. The summed E-state index contributed by atoms with van der Waals surface area (Å²) in [7, 11) is 1.50. The van der Waals surface area contributed by atoms with Gasteiger partial charge >= 0.3 is 0 Å². The summed E-state index contributed by atoms with van der Waals surface area (Å²) >= 11 is 7.83. The Hall–Kier alpha value is -1.82.